The molecular formula is C27H27F5OS. The monoisotopic (exact) mass is 494 g/mol. The summed E-state index contributed by atoms with van der Waals surface area (Å²) in [7, 11) is 0. The van der Waals surface area contributed by atoms with E-state index in [1.807, 2.05) is 24.3 Å². The van der Waals surface area contributed by atoms with Crippen molar-refractivity contribution >= 4 is 11.8 Å². The van der Waals surface area contributed by atoms with E-state index in [-0.39, 0.29) is 22.2 Å². The van der Waals surface area contributed by atoms with Gasteiger partial charge in [-0.2, -0.15) is 17.6 Å². The normalized spacial score (nSPS) is 12.1. The largest absolute Gasteiger partial charge is 0.494 e. The Labute approximate surface area is 201 Å². The summed E-state index contributed by atoms with van der Waals surface area (Å²) in [6.45, 7) is 2.81. The summed E-state index contributed by atoms with van der Waals surface area (Å²) in [6.07, 6.45) is 3.39. The number of halogens is 5. The summed E-state index contributed by atoms with van der Waals surface area (Å²) in [4.78, 5) is -0.130. The molecule has 3 rings (SSSR count). The van der Waals surface area contributed by atoms with E-state index in [1.54, 1.807) is 12.1 Å². The van der Waals surface area contributed by atoms with Crippen LogP contribution in [-0.2, 0) is 6.42 Å². The molecule has 0 amide bonds. The summed E-state index contributed by atoms with van der Waals surface area (Å²) in [5.41, 5.74) is 1.75. The maximum atomic E-state index is 14.4. The molecule has 0 saturated heterocycles. The Kier molecular flexibility index (Phi) is 9.00. The van der Waals surface area contributed by atoms with Crippen molar-refractivity contribution in [2.45, 2.75) is 55.1 Å². The molecular weight excluding hydrogens is 467 g/mol. The number of hydrogen-bond donors (Lipinski definition) is 0. The molecule has 0 aliphatic rings. The molecule has 0 bridgehead atoms. The maximum absolute atomic E-state index is 14.4. The fraction of sp³-hybridized carbons (Fsp3) is 0.333. The summed E-state index contributed by atoms with van der Waals surface area (Å²) >= 11 is -0.271. The number of alkyl halides is 4. The minimum atomic E-state index is -4.35. The third-order valence-corrected chi connectivity index (χ3v) is 6.38. The van der Waals surface area contributed by atoms with Crippen LogP contribution >= 0.6 is 11.8 Å². The fourth-order valence-corrected chi connectivity index (χ4v) is 4.15. The average molecular weight is 495 g/mol. The number of unbranched alkanes of at least 4 members (excludes halogenated alkanes) is 3. The summed E-state index contributed by atoms with van der Waals surface area (Å²) < 4.78 is 76.2. The van der Waals surface area contributed by atoms with Gasteiger partial charge in [0.05, 0.1) is 6.61 Å². The third-order valence-electron chi connectivity index (χ3n) is 5.32. The lowest BCUT2D eigenvalue weighted by atomic mass is 10.0. The van der Waals surface area contributed by atoms with E-state index in [9.17, 15) is 22.0 Å². The second kappa shape index (κ2) is 11.7. The summed E-state index contributed by atoms with van der Waals surface area (Å²) in [5, 5.41) is -4.35. The predicted molar refractivity (Wildman–Crippen MR) is 127 cm³/mol. The van der Waals surface area contributed by atoms with Crippen molar-refractivity contribution in [1.29, 1.82) is 0 Å². The van der Waals surface area contributed by atoms with Crippen LogP contribution in [-0.4, -0.2) is 17.8 Å². The molecule has 34 heavy (non-hydrogen) atoms. The molecule has 0 spiro atoms. The van der Waals surface area contributed by atoms with Crippen LogP contribution in [0.3, 0.4) is 0 Å². The highest BCUT2D eigenvalue weighted by atomic mass is 32.2. The van der Waals surface area contributed by atoms with Crippen LogP contribution in [0.5, 0.6) is 5.75 Å². The lowest BCUT2D eigenvalue weighted by molar-refractivity contribution is -0.150. The quantitative estimate of drug-likeness (QED) is 0.141. The first-order valence-electron chi connectivity index (χ1n) is 11.2. The molecule has 0 aliphatic carbocycles. The van der Waals surface area contributed by atoms with Gasteiger partial charge in [-0.1, -0.05) is 62.6 Å². The number of ether oxygens (including phenoxy) is 1. The molecule has 0 aromatic heterocycles. The van der Waals surface area contributed by atoms with Crippen LogP contribution in [0.15, 0.2) is 77.7 Å². The van der Waals surface area contributed by atoms with Gasteiger partial charge in [-0.3, -0.25) is 0 Å². The Morgan fingerprint density at radius 2 is 1.32 bits per heavy atom. The van der Waals surface area contributed by atoms with Crippen LogP contribution in [0, 0.1) is 5.82 Å². The second-order valence-electron chi connectivity index (χ2n) is 8.08. The molecule has 3 aromatic carbocycles. The van der Waals surface area contributed by atoms with E-state index in [0.29, 0.717) is 6.61 Å². The van der Waals surface area contributed by atoms with E-state index >= 15 is 0 Å². The molecule has 0 heterocycles. The Morgan fingerprint density at radius 3 is 1.91 bits per heavy atom. The van der Waals surface area contributed by atoms with Crippen molar-refractivity contribution in [2.24, 2.45) is 0 Å². The van der Waals surface area contributed by atoms with E-state index < -0.39 is 23.4 Å². The minimum Gasteiger partial charge on any atom is -0.494 e. The van der Waals surface area contributed by atoms with Crippen LogP contribution in [0.1, 0.15) is 38.2 Å². The third kappa shape index (κ3) is 7.23. The minimum absolute atomic E-state index is 0.0974. The Morgan fingerprint density at radius 1 is 0.735 bits per heavy atom. The van der Waals surface area contributed by atoms with Gasteiger partial charge >= 0.3 is 11.2 Å². The van der Waals surface area contributed by atoms with Gasteiger partial charge in [-0.05, 0) is 71.3 Å². The maximum Gasteiger partial charge on any atom is 0.360 e. The van der Waals surface area contributed by atoms with Crippen LogP contribution in [0.25, 0.3) is 11.1 Å². The van der Waals surface area contributed by atoms with Crippen molar-refractivity contribution < 1.29 is 26.7 Å². The SMILES string of the molecule is CCCCCCOc1ccc(-c2ccc(CC(F)(F)C(F)(F)Sc3ccc(F)cc3)cc2)cc1. The van der Waals surface area contributed by atoms with Crippen LogP contribution in [0.2, 0.25) is 0 Å². The van der Waals surface area contributed by atoms with Crippen molar-refractivity contribution in [3.8, 4) is 16.9 Å². The molecule has 182 valence electrons. The predicted octanol–water partition coefficient (Wildman–Crippen LogP) is 9.01. The van der Waals surface area contributed by atoms with Gasteiger partial charge in [-0.15, -0.1) is 0 Å². The first kappa shape index (κ1) is 26.1. The van der Waals surface area contributed by atoms with E-state index in [2.05, 4.69) is 6.92 Å². The molecule has 0 atom stereocenters. The Hall–Kier alpha value is -2.54. The molecule has 0 N–H and O–H groups in total. The number of benzene rings is 3. The number of rotatable bonds is 12. The molecule has 7 heteroatoms. The van der Waals surface area contributed by atoms with Gasteiger partial charge in [0.2, 0.25) is 0 Å². The average Bonchev–Trinajstić information content (AvgIpc) is 2.81. The zero-order valence-corrected chi connectivity index (χ0v) is 19.7. The lowest BCUT2D eigenvalue weighted by Crippen LogP contribution is -2.39. The highest BCUT2D eigenvalue weighted by Crippen LogP contribution is 2.48. The van der Waals surface area contributed by atoms with Gasteiger partial charge in [0, 0.05) is 11.3 Å². The first-order chi connectivity index (χ1) is 16.2. The Bertz CT molecular complexity index is 1020. The standard InChI is InChI=1S/C27H27F5OS/c1-2-3-4-5-18-33-24-14-10-22(11-15-24)21-8-6-20(7-9-21)19-26(29,30)27(31,32)34-25-16-12-23(28)13-17-25/h6-17H,2-5,18-19H2,1H3. The second-order valence-corrected chi connectivity index (χ2v) is 9.27. The van der Waals surface area contributed by atoms with Gasteiger partial charge in [0.25, 0.3) is 0 Å². The van der Waals surface area contributed by atoms with Crippen LogP contribution in [0.4, 0.5) is 22.0 Å². The number of thioether (sulfide) groups is 1. The summed E-state index contributed by atoms with van der Waals surface area (Å²) in [6, 6.07) is 17.6. The van der Waals surface area contributed by atoms with E-state index in [1.165, 1.54) is 25.0 Å². The number of hydrogen-bond acceptors (Lipinski definition) is 2. The molecule has 0 unspecified atom stereocenters. The molecule has 3 aromatic rings. The molecule has 0 radical (unpaired) electrons. The van der Waals surface area contributed by atoms with Gasteiger partial charge in [0.15, 0.2) is 0 Å². The van der Waals surface area contributed by atoms with Gasteiger partial charge < -0.3 is 4.74 Å². The highest BCUT2D eigenvalue weighted by molar-refractivity contribution is 8.00. The van der Waals surface area contributed by atoms with E-state index in [4.69, 9.17) is 4.74 Å². The van der Waals surface area contributed by atoms with Crippen LogP contribution < -0.4 is 4.74 Å². The van der Waals surface area contributed by atoms with Gasteiger partial charge in [-0.25, -0.2) is 4.39 Å². The van der Waals surface area contributed by atoms with Gasteiger partial charge in [0.1, 0.15) is 11.6 Å². The zero-order chi connectivity index (χ0) is 24.6. The smallest absolute Gasteiger partial charge is 0.360 e. The summed E-state index contributed by atoms with van der Waals surface area (Å²) in [5.74, 6) is -4.15. The topological polar surface area (TPSA) is 9.23 Å². The van der Waals surface area contributed by atoms with Crippen molar-refractivity contribution in [1.82, 2.24) is 0 Å². The Balaban J connectivity index is 1.59. The highest BCUT2D eigenvalue weighted by Gasteiger charge is 2.56. The molecule has 0 saturated carbocycles. The molecule has 0 fully saturated rings. The van der Waals surface area contributed by atoms with Crippen molar-refractivity contribution in [3.63, 3.8) is 0 Å². The molecule has 0 aliphatic heterocycles. The zero-order valence-electron chi connectivity index (χ0n) is 18.9. The fourth-order valence-electron chi connectivity index (χ4n) is 3.36. The molecule has 1 nitrogen and oxygen atoms in total. The van der Waals surface area contributed by atoms with Crippen molar-refractivity contribution in [2.75, 3.05) is 6.61 Å². The van der Waals surface area contributed by atoms with E-state index in [0.717, 1.165) is 54.0 Å². The van der Waals surface area contributed by atoms with Crippen molar-refractivity contribution in [3.05, 3.63) is 84.2 Å². The lowest BCUT2D eigenvalue weighted by Gasteiger charge is -2.26. The first-order valence-corrected chi connectivity index (χ1v) is 12.0.